The molecule has 86 valence electrons. The fourth-order valence-corrected chi connectivity index (χ4v) is 2.32. The minimum absolute atomic E-state index is 0.0410. The smallest absolute Gasteiger partial charge is 0.154 e. The van der Waals surface area contributed by atoms with E-state index in [1.54, 1.807) is 24.3 Å². The Bertz CT molecular complexity index is 555. The van der Waals surface area contributed by atoms with Gasteiger partial charge in [0.05, 0.1) is 5.56 Å². The van der Waals surface area contributed by atoms with Crippen molar-refractivity contribution in [3.63, 3.8) is 0 Å². The van der Waals surface area contributed by atoms with Crippen LogP contribution in [0, 0.1) is 11.6 Å². The normalized spacial score (nSPS) is 10.2. The molecule has 0 bridgehead atoms. The third-order valence-electron chi connectivity index (χ3n) is 2.19. The van der Waals surface area contributed by atoms with Gasteiger partial charge in [0, 0.05) is 9.79 Å². The fourth-order valence-electron chi connectivity index (χ4n) is 1.37. The summed E-state index contributed by atoms with van der Waals surface area (Å²) in [5.74, 6) is -0.986. The molecular weight excluding hydrogens is 242 g/mol. The van der Waals surface area contributed by atoms with Crippen molar-refractivity contribution < 1.29 is 13.6 Å². The van der Waals surface area contributed by atoms with Crippen molar-refractivity contribution in [2.45, 2.75) is 9.79 Å². The first-order valence-electron chi connectivity index (χ1n) is 4.88. The van der Waals surface area contributed by atoms with Crippen molar-refractivity contribution in [2.24, 2.45) is 0 Å². The summed E-state index contributed by atoms with van der Waals surface area (Å²) in [4.78, 5) is 11.5. The highest BCUT2D eigenvalue weighted by Crippen LogP contribution is 2.32. The molecule has 0 aliphatic carbocycles. The van der Waals surface area contributed by atoms with E-state index < -0.39 is 11.6 Å². The maximum absolute atomic E-state index is 13.4. The highest BCUT2D eigenvalue weighted by molar-refractivity contribution is 7.99. The van der Waals surface area contributed by atoms with Crippen LogP contribution < -0.4 is 0 Å². The van der Waals surface area contributed by atoms with E-state index in [0.717, 1.165) is 11.8 Å². The number of benzene rings is 2. The van der Waals surface area contributed by atoms with Crippen LogP contribution in [0.1, 0.15) is 10.4 Å². The second-order valence-corrected chi connectivity index (χ2v) is 4.39. The first-order chi connectivity index (χ1) is 8.22. The van der Waals surface area contributed by atoms with Crippen molar-refractivity contribution in [2.75, 3.05) is 0 Å². The lowest BCUT2D eigenvalue weighted by atomic mass is 10.2. The second kappa shape index (κ2) is 5.10. The summed E-state index contributed by atoms with van der Waals surface area (Å²) in [6.45, 7) is 0. The average molecular weight is 250 g/mol. The van der Waals surface area contributed by atoms with Gasteiger partial charge >= 0.3 is 0 Å². The zero-order chi connectivity index (χ0) is 12.3. The highest BCUT2D eigenvalue weighted by atomic mass is 32.2. The summed E-state index contributed by atoms with van der Waals surface area (Å²) in [5.41, 5.74) is -0.0410. The molecule has 0 spiro atoms. The number of carbonyl (C=O) groups excluding carboxylic acids is 1. The Morgan fingerprint density at radius 1 is 0.882 bits per heavy atom. The molecule has 0 amide bonds. The molecule has 0 N–H and O–H groups in total. The summed E-state index contributed by atoms with van der Waals surface area (Å²) in [7, 11) is 0. The van der Waals surface area contributed by atoms with Crippen LogP contribution in [0.2, 0.25) is 0 Å². The van der Waals surface area contributed by atoms with Crippen LogP contribution in [0.15, 0.2) is 52.3 Å². The lowest BCUT2D eigenvalue weighted by Gasteiger charge is -2.05. The molecule has 17 heavy (non-hydrogen) atoms. The Balaban J connectivity index is 2.40. The zero-order valence-electron chi connectivity index (χ0n) is 8.69. The number of hydrogen-bond donors (Lipinski definition) is 0. The van der Waals surface area contributed by atoms with Crippen LogP contribution in [0.4, 0.5) is 8.78 Å². The SMILES string of the molecule is O=Cc1c(F)cccc1Sc1ccccc1F. The van der Waals surface area contributed by atoms with Crippen LogP contribution in [0.5, 0.6) is 0 Å². The topological polar surface area (TPSA) is 17.1 Å². The van der Waals surface area contributed by atoms with E-state index in [4.69, 9.17) is 0 Å². The molecule has 0 heterocycles. The van der Waals surface area contributed by atoms with Crippen molar-refractivity contribution in [3.8, 4) is 0 Å². The molecule has 2 aromatic rings. The lowest BCUT2D eigenvalue weighted by Crippen LogP contribution is -1.91. The molecule has 0 aliphatic rings. The van der Waals surface area contributed by atoms with Gasteiger partial charge in [-0.2, -0.15) is 0 Å². The van der Waals surface area contributed by atoms with E-state index in [-0.39, 0.29) is 5.56 Å². The molecule has 1 nitrogen and oxygen atoms in total. The molecular formula is C13H8F2OS. The van der Waals surface area contributed by atoms with E-state index in [0.29, 0.717) is 16.1 Å². The average Bonchev–Trinajstić information content (AvgIpc) is 2.32. The number of hydrogen-bond acceptors (Lipinski definition) is 2. The van der Waals surface area contributed by atoms with Crippen molar-refractivity contribution in [1.29, 1.82) is 0 Å². The van der Waals surface area contributed by atoms with Gasteiger partial charge in [0.25, 0.3) is 0 Å². The van der Waals surface area contributed by atoms with E-state index in [1.807, 2.05) is 0 Å². The number of halogens is 2. The largest absolute Gasteiger partial charge is 0.298 e. The summed E-state index contributed by atoms with van der Waals surface area (Å²) in [6, 6.07) is 10.4. The number of carbonyl (C=O) groups is 1. The van der Waals surface area contributed by atoms with Gasteiger partial charge < -0.3 is 0 Å². The molecule has 2 rings (SSSR count). The van der Waals surface area contributed by atoms with Crippen LogP contribution in [-0.4, -0.2) is 6.29 Å². The summed E-state index contributed by atoms with van der Waals surface area (Å²) < 4.78 is 26.7. The third-order valence-corrected chi connectivity index (χ3v) is 3.31. The Morgan fingerprint density at radius 3 is 2.24 bits per heavy atom. The van der Waals surface area contributed by atoms with Crippen molar-refractivity contribution >= 4 is 18.0 Å². The Hall–Kier alpha value is -1.68. The predicted octanol–water partition coefficient (Wildman–Crippen LogP) is 3.93. The third kappa shape index (κ3) is 2.53. The van der Waals surface area contributed by atoms with Gasteiger partial charge in [-0.05, 0) is 24.3 Å². The van der Waals surface area contributed by atoms with Crippen LogP contribution in [0.25, 0.3) is 0 Å². The monoisotopic (exact) mass is 250 g/mol. The Labute approximate surface area is 101 Å². The van der Waals surface area contributed by atoms with Gasteiger partial charge in [-0.1, -0.05) is 30.0 Å². The van der Waals surface area contributed by atoms with Gasteiger partial charge in [0.15, 0.2) is 6.29 Å². The van der Waals surface area contributed by atoms with Gasteiger partial charge in [0.1, 0.15) is 11.6 Å². The molecule has 0 fully saturated rings. The van der Waals surface area contributed by atoms with Crippen molar-refractivity contribution in [3.05, 3.63) is 59.7 Å². The second-order valence-electron chi connectivity index (χ2n) is 3.30. The van der Waals surface area contributed by atoms with E-state index in [2.05, 4.69) is 0 Å². The zero-order valence-corrected chi connectivity index (χ0v) is 9.51. The number of aldehydes is 1. The Morgan fingerprint density at radius 2 is 1.53 bits per heavy atom. The molecule has 0 atom stereocenters. The molecule has 0 aromatic heterocycles. The molecule has 0 saturated heterocycles. The molecule has 4 heteroatoms. The van der Waals surface area contributed by atoms with Crippen LogP contribution in [0.3, 0.4) is 0 Å². The minimum atomic E-state index is -0.596. The van der Waals surface area contributed by atoms with E-state index in [1.165, 1.54) is 18.2 Å². The quantitative estimate of drug-likeness (QED) is 0.768. The highest BCUT2D eigenvalue weighted by Gasteiger charge is 2.10. The van der Waals surface area contributed by atoms with Gasteiger partial charge in [-0.15, -0.1) is 0 Å². The molecule has 0 aliphatic heterocycles. The van der Waals surface area contributed by atoms with Crippen LogP contribution >= 0.6 is 11.8 Å². The predicted molar refractivity (Wildman–Crippen MR) is 62.3 cm³/mol. The first-order valence-corrected chi connectivity index (χ1v) is 5.70. The molecule has 0 radical (unpaired) electrons. The maximum atomic E-state index is 13.4. The van der Waals surface area contributed by atoms with E-state index >= 15 is 0 Å². The molecule has 2 aromatic carbocycles. The number of rotatable bonds is 3. The summed E-state index contributed by atoms with van der Waals surface area (Å²) in [5, 5.41) is 0. The maximum Gasteiger partial charge on any atom is 0.154 e. The Kier molecular flexibility index (Phi) is 3.54. The molecule has 0 saturated carbocycles. The summed E-state index contributed by atoms with van der Waals surface area (Å²) in [6.07, 6.45) is 0.443. The summed E-state index contributed by atoms with van der Waals surface area (Å²) >= 11 is 1.03. The van der Waals surface area contributed by atoms with Crippen LogP contribution in [-0.2, 0) is 0 Å². The van der Waals surface area contributed by atoms with Gasteiger partial charge in [0.2, 0.25) is 0 Å². The van der Waals surface area contributed by atoms with E-state index in [9.17, 15) is 13.6 Å². The minimum Gasteiger partial charge on any atom is -0.298 e. The van der Waals surface area contributed by atoms with Gasteiger partial charge in [-0.3, -0.25) is 4.79 Å². The molecule has 0 unspecified atom stereocenters. The lowest BCUT2D eigenvalue weighted by molar-refractivity contribution is 0.111. The van der Waals surface area contributed by atoms with Crippen molar-refractivity contribution in [1.82, 2.24) is 0 Å². The standard InChI is InChI=1S/C13H8F2OS/c14-10-5-3-7-12(9(10)8-16)17-13-6-2-1-4-11(13)15/h1-8H. The first kappa shape index (κ1) is 11.8. The fraction of sp³-hybridized carbons (Fsp3) is 0. The van der Waals surface area contributed by atoms with Gasteiger partial charge in [-0.25, -0.2) is 8.78 Å².